The minimum absolute atomic E-state index is 0.269. The molecule has 0 fully saturated rings. The molecule has 0 unspecified atom stereocenters. The van der Waals surface area contributed by atoms with Gasteiger partial charge < -0.3 is 9.73 Å². The molecule has 0 aliphatic rings. The summed E-state index contributed by atoms with van der Waals surface area (Å²) in [5, 5.41) is 7.73. The van der Waals surface area contributed by atoms with Gasteiger partial charge in [0.15, 0.2) is 5.58 Å². The van der Waals surface area contributed by atoms with Crippen molar-refractivity contribution >= 4 is 17.0 Å². The molecule has 5 aromatic rings. The van der Waals surface area contributed by atoms with E-state index in [0.29, 0.717) is 11.1 Å². The Labute approximate surface area is 189 Å². The maximum atomic E-state index is 13.0. The second kappa shape index (κ2) is 8.63. The van der Waals surface area contributed by atoms with Crippen LogP contribution in [0.2, 0.25) is 0 Å². The van der Waals surface area contributed by atoms with Gasteiger partial charge >= 0.3 is 5.76 Å². The first-order valence-corrected chi connectivity index (χ1v) is 10.7. The maximum Gasteiger partial charge on any atom is 0.420 e. The van der Waals surface area contributed by atoms with Crippen LogP contribution < -0.4 is 11.1 Å². The van der Waals surface area contributed by atoms with Crippen LogP contribution in [0.1, 0.15) is 18.5 Å². The zero-order valence-corrected chi connectivity index (χ0v) is 18.0. The summed E-state index contributed by atoms with van der Waals surface area (Å²) in [4.78, 5) is 25.4. The van der Waals surface area contributed by atoms with E-state index in [1.807, 2.05) is 72.9 Å². The maximum absolute atomic E-state index is 13.0. The van der Waals surface area contributed by atoms with Crippen molar-refractivity contribution in [2.45, 2.75) is 19.5 Å². The molecule has 0 spiro atoms. The molecule has 164 valence electrons. The normalized spacial score (nSPS) is 12.0. The van der Waals surface area contributed by atoms with Gasteiger partial charge in [0.05, 0.1) is 16.9 Å². The predicted octanol–water partition coefficient (Wildman–Crippen LogP) is 4.32. The molecular formula is C26H22N4O3. The highest BCUT2D eigenvalue weighted by atomic mass is 16.4. The molecule has 0 saturated carbocycles. The minimum atomic E-state index is -0.731. The van der Waals surface area contributed by atoms with Gasteiger partial charge in [-0.05, 0) is 31.2 Å². The zero-order chi connectivity index (χ0) is 22.8. The lowest BCUT2D eigenvalue weighted by Gasteiger charge is -2.13. The molecule has 1 atom stereocenters. The number of fused-ring (bicyclic) bond motifs is 1. The van der Waals surface area contributed by atoms with E-state index in [1.54, 1.807) is 29.8 Å². The topological polar surface area (TPSA) is 82.1 Å². The number of benzene rings is 3. The molecule has 3 aromatic carbocycles. The van der Waals surface area contributed by atoms with Crippen LogP contribution in [-0.2, 0) is 11.3 Å². The van der Waals surface area contributed by atoms with Gasteiger partial charge in [0, 0.05) is 23.9 Å². The number of rotatable bonds is 6. The van der Waals surface area contributed by atoms with Gasteiger partial charge in [-0.25, -0.2) is 9.48 Å². The fourth-order valence-corrected chi connectivity index (χ4v) is 3.89. The molecule has 2 aromatic heterocycles. The Hall–Kier alpha value is -4.39. The quantitative estimate of drug-likeness (QED) is 0.428. The van der Waals surface area contributed by atoms with Gasteiger partial charge in [-0.3, -0.25) is 9.36 Å². The van der Waals surface area contributed by atoms with Crippen molar-refractivity contribution in [3.8, 4) is 16.9 Å². The Bertz CT molecular complexity index is 1470. The lowest BCUT2D eigenvalue weighted by Crippen LogP contribution is -2.34. The van der Waals surface area contributed by atoms with Crippen molar-refractivity contribution in [2.24, 2.45) is 0 Å². The van der Waals surface area contributed by atoms with Crippen molar-refractivity contribution in [2.75, 3.05) is 0 Å². The standard InChI is InChI=1S/C26H22N4O3/c1-18(30-22-14-8-9-15-23(22)33-26(30)32)25(31)27-16-20-17-29(21-12-6-3-7-13-21)28-24(20)19-10-4-2-5-11-19/h2-15,17-18H,16H2,1H3,(H,27,31)/t18-/m1/s1. The highest BCUT2D eigenvalue weighted by molar-refractivity contribution is 5.83. The van der Waals surface area contributed by atoms with Crippen LogP contribution in [0.25, 0.3) is 28.0 Å². The molecule has 1 amide bonds. The highest BCUT2D eigenvalue weighted by Gasteiger charge is 2.22. The van der Waals surface area contributed by atoms with Crippen LogP contribution in [0.5, 0.6) is 0 Å². The summed E-state index contributed by atoms with van der Waals surface area (Å²) < 4.78 is 8.45. The van der Waals surface area contributed by atoms with E-state index in [1.165, 1.54) is 4.57 Å². The molecule has 0 saturated heterocycles. The van der Waals surface area contributed by atoms with E-state index in [-0.39, 0.29) is 12.5 Å². The van der Waals surface area contributed by atoms with E-state index in [9.17, 15) is 9.59 Å². The molecule has 0 bridgehead atoms. The summed E-state index contributed by atoms with van der Waals surface area (Å²) in [6.45, 7) is 1.95. The number of hydrogen-bond donors (Lipinski definition) is 1. The van der Waals surface area contributed by atoms with E-state index in [2.05, 4.69) is 5.32 Å². The molecule has 0 radical (unpaired) electrons. The fraction of sp³-hybridized carbons (Fsp3) is 0.115. The summed E-state index contributed by atoms with van der Waals surface area (Å²) >= 11 is 0. The van der Waals surface area contributed by atoms with Crippen LogP contribution in [0.3, 0.4) is 0 Å². The Morgan fingerprint density at radius 1 is 0.970 bits per heavy atom. The van der Waals surface area contributed by atoms with E-state index < -0.39 is 11.8 Å². The van der Waals surface area contributed by atoms with Crippen molar-refractivity contribution in [3.05, 3.63) is 107 Å². The lowest BCUT2D eigenvalue weighted by atomic mass is 10.1. The third kappa shape index (κ3) is 3.96. The van der Waals surface area contributed by atoms with Crippen LogP contribution in [0.15, 0.2) is 100 Å². The predicted molar refractivity (Wildman–Crippen MR) is 126 cm³/mol. The molecule has 7 heteroatoms. The lowest BCUT2D eigenvalue weighted by molar-refractivity contribution is -0.124. The Morgan fingerprint density at radius 2 is 1.64 bits per heavy atom. The molecule has 33 heavy (non-hydrogen) atoms. The van der Waals surface area contributed by atoms with Crippen molar-refractivity contribution in [1.29, 1.82) is 0 Å². The minimum Gasteiger partial charge on any atom is -0.408 e. The SMILES string of the molecule is C[C@H](C(=O)NCc1cn(-c2ccccc2)nc1-c1ccccc1)n1c(=O)oc2ccccc21. The Morgan fingerprint density at radius 3 is 2.39 bits per heavy atom. The number of carbonyl (C=O) groups excluding carboxylic acids is 1. The highest BCUT2D eigenvalue weighted by Crippen LogP contribution is 2.24. The largest absolute Gasteiger partial charge is 0.420 e. The molecular weight excluding hydrogens is 416 g/mol. The molecule has 1 N–H and O–H groups in total. The fourth-order valence-electron chi connectivity index (χ4n) is 3.89. The third-order valence-corrected chi connectivity index (χ3v) is 5.60. The van der Waals surface area contributed by atoms with Crippen LogP contribution in [0, 0.1) is 0 Å². The van der Waals surface area contributed by atoms with Gasteiger partial charge in [0.2, 0.25) is 5.91 Å². The van der Waals surface area contributed by atoms with Gasteiger partial charge in [0.1, 0.15) is 6.04 Å². The van der Waals surface area contributed by atoms with Crippen LogP contribution in [-0.4, -0.2) is 20.3 Å². The number of amides is 1. The molecule has 2 heterocycles. The van der Waals surface area contributed by atoms with Crippen molar-refractivity contribution < 1.29 is 9.21 Å². The van der Waals surface area contributed by atoms with Gasteiger partial charge in [0.25, 0.3) is 0 Å². The zero-order valence-electron chi connectivity index (χ0n) is 18.0. The third-order valence-electron chi connectivity index (χ3n) is 5.60. The first-order chi connectivity index (χ1) is 16.1. The number of oxazole rings is 1. The molecule has 0 aliphatic heterocycles. The number of hydrogen-bond acceptors (Lipinski definition) is 4. The van der Waals surface area contributed by atoms with E-state index >= 15 is 0 Å². The monoisotopic (exact) mass is 438 g/mol. The second-order valence-electron chi connectivity index (χ2n) is 7.75. The summed E-state index contributed by atoms with van der Waals surface area (Å²) in [5.41, 5.74) is 4.59. The summed E-state index contributed by atoms with van der Waals surface area (Å²) in [6, 6.07) is 26.0. The van der Waals surface area contributed by atoms with Crippen LogP contribution in [0.4, 0.5) is 0 Å². The van der Waals surface area contributed by atoms with Crippen molar-refractivity contribution in [3.63, 3.8) is 0 Å². The number of nitrogens with one attached hydrogen (secondary N) is 1. The number of para-hydroxylation sites is 3. The van der Waals surface area contributed by atoms with Gasteiger partial charge in [-0.15, -0.1) is 0 Å². The number of carbonyl (C=O) groups is 1. The smallest absolute Gasteiger partial charge is 0.408 e. The first-order valence-electron chi connectivity index (χ1n) is 10.7. The average molecular weight is 438 g/mol. The van der Waals surface area contributed by atoms with E-state index in [4.69, 9.17) is 9.52 Å². The van der Waals surface area contributed by atoms with Crippen LogP contribution >= 0.6 is 0 Å². The first kappa shape index (κ1) is 20.5. The van der Waals surface area contributed by atoms with Gasteiger partial charge in [-0.2, -0.15) is 5.10 Å². The molecule has 7 nitrogen and oxygen atoms in total. The summed E-state index contributed by atoms with van der Waals surface area (Å²) in [7, 11) is 0. The van der Waals surface area contributed by atoms with Gasteiger partial charge in [-0.1, -0.05) is 60.7 Å². The second-order valence-corrected chi connectivity index (χ2v) is 7.75. The number of aromatic nitrogens is 3. The average Bonchev–Trinajstić information content (AvgIpc) is 3.43. The van der Waals surface area contributed by atoms with Crippen molar-refractivity contribution in [1.82, 2.24) is 19.7 Å². The van der Waals surface area contributed by atoms with E-state index in [0.717, 1.165) is 22.5 Å². The molecule has 0 aliphatic carbocycles. The summed E-state index contributed by atoms with van der Waals surface area (Å²) in [5.74, 6) is -0.837. The Kier molecular flexibility index (Phi) is 5.36. The molecule has 5 rings (SSSR count). The Balaban J connectivity index is 1.43. The number of nitrogens with zero attached hydrogens (tertiary/aromatic N) is 3. The summed E-state index contributed by atoms with van der Waals surface area (Å²) in [6.07, 6.45) is 1.92.